The number of benzene rings is 1. The fourth-order valence-corrected chi connectivity index (χ4v) is 4.39. The standard InChI is InChI=1S/C12H8Br2N2O3S/c1-6-2-3-9(16(18)19)8(4-6)15-12(17)7-5-10(13)20-11(7)14/h2-5H,1H3,(H,15,17). The van der Waals surface area contributed by atoms with Crippen molar-refractivity contribution in [2.75, 3.05) is 5.32 Å². The summed E-state index contributed by atoms with van der Waals surface area (Å²) in [5.74, 6) is -0.396. The molecule has 0 saturated heterocycles. The Hall–Kier alpha value is -1.25. The zero-order valence-electron chi connectivity index (χ0n) is 10.1. The highest BCUT2D eigenvalue weighted by atomic mass is 79.9. The first kappa shape index (κ1) is 15.1. The third-order valence-corrected chi connectivity index (χ3v) is 4.84. The second kappa shape index (κ2) is 6.02. The Morgan fingerprint density at radius 1 is 1.35 bits per heavy atom. The number of rotatable bonds is 3. The maximum Gasteiger partial charge on any atom is 0.292 e. The number of aryl methyl sites for hydroxylation is 1. The van der Waals surface area contributed by atoms with Gasteiger partial charge in [-0.1, -0.05) is 6.07 Å². The molecule has 0 unspecified atom stereocenters. The Morgan fingerprint density at radius 2 is 2.05 bits per heavy atom. The lowest BCUT2D eigenvalue weighted by atomic mass is 10.2. The lowest BCUT2D eigenvalue weighted by Crippen LogP contribution is -2.13. The van der Waals surface area contributed by atoms with Gasteiger partial charge in [-0.05, 0) is 56.5 Å². The van der Waals surface area contributed by atoms with Crippen LogP contribution in [0.25, 0.3) is 0 Å². The van der Waals surface area contributed by atoms with Gasteiger partial charge in [-0.2, -0.15) is 0 Å². The molecule has 0 bridgehead atoms. The summed E-state index contributed by atoms with van der Waals surface area (Å²) in [6.07, 6.45) is 0. The van der Waals surface area contributed by atoms with E-state index < -0.39 is 10.8 Å². The molecule has 104 valence electrons. The first-order valence-electron chi connectivity index (χ1n) is 5.39. The van der Waals surface area contributed by atoms with Crippen LogP contribution in [0.5, 0.6) is 0 Å². The number of hydrogen-bond acceptors (Lipinski definition) is 4. The number of nitrogens with one attached hydrogen (secondary N) is 1. The largest absolute Gasteiger partial charge is 0.316 e. The van der Waals surface area contributed by atoms with Crippen LogP contribution in [0, 0.1) is 17.0 Å². The Bertz CT molecular complexity index is 700. The van der Waals surface area contributed by atoms with Crippen molar-refractivity contribution in [3.8, 4) is 0 Å². The molecule has 20 heavy (non-hydrogen) atoms. The monoisotopic (exact) mass is 418 g/mol. The Morgan fingerprint density at radius 3 is 2.60 bits per heavy atom. The average Bonchev–Trinajstić information content (AvgIpc) is 2.68. The maximum atomic E-state index is 12.2. The molecule has 1 amide bonds. The van der Waals surface area contributed by atoms with Crippen LogP contribution in [0.15, 0.2) is 31.8 Å². The third-order valence-electron chi connectivity index (χ3n) is 2.50. The Kier molecular flexibility index (Phi) is 4.56. The number of hydrogen-bond donors (Lipinski definition) is 1. The first-order chi connectivity index (χ1) is 9.38. The van der Waals surface area contributed by atoms with Gasteiger partial charge in [0.1, 0.15) is 5.69 Å². The normalized spacial score (nSPS) is 10.3. The van der Waals surface area contributed by atoms with Crippen LogP contribution in [0.1, 0.15) is 15.9 Å². The van der Waals surface area contributed by atoms with E-state index in [2.05, 4.69) is 37.2 Å². The van der Waals surface area contributed by atoms with Crippen LogP contribution < -0.4 is 5.32 Å². The molecule has 2 aromatic rings. The number of anilines is 1. The second-order valence-electron chi connectivity index (χ2n) is 3.97. The number of nitro benzene ring substituents is 1. The summed E-state index contributed by atoms with van der Waals surface area (Å²) in [7, 11) is 0. The molecule has 0 aliphatic rings. The first-order valence-corrected chi connectivity index (χ1v) is 7.80. The number of amides is 1. The highest BCUT2D eigenvalue weighted by Gasteiger charge is 2.19. The molecular weight excluding hydrogens is 412 g/mol. The van der Waals surface area contributed by atoms with Gasteiger partial charge < -0.3 is 5.32 Å². The number of nitrogens with zero attached hydrogens (tertiary/aromatic N) is 1. The van der Waals surface area contributed by atoms with Crippen LogP contribution in [0.4, 0.5) is 11.4 Å². The number of thiophene rings is 1. The number of halogens is 2. The summed E-state index contributed by atoms with van der Waals surface area (Å²) in [4.78, 5) is 22.6. The molecule has 0 fully saturated rings. The van der Waals surface area contributed by atoms with E-state index in [9.17, 15) is 14.9 Å². The molecule has 0 aliphatic carbocycles. The molecule has 5 nitrogen and oxygen atoms in total. The molecule has 1 heterocycles. The summed E-state index contributed by atoms with van der Waals surface area (Å²) in [5, 5.41) is 13.5. The third kappa shape index (κ3) is 3.25. The molecule has 8 heteroatoms. The van der Waals surface area contributed by atoms with Gasteiger partial charge in [-0.15, -0.1) is 11.3 Å². The molecule has 1 aromatic carbocycles. The lowest BCUT2D eigenvalue weighted by Gasteiger charge is -2.06. The minimum Gasteiger partial charge on any atom is -0.316 e. The SMILES string of the molecule is Cc1ccc([N+](=O)[O-])c(NC(=O)c2cc(Br)sc2Br)c1. The zero-order valence-corrected chi connectivity index (χ0v) is 14.1. The van der Waals surface area contributed by atoms with E-state index in [4.69, 9.17) is 0 Å². The van der Waals surface area contributed by atoms with Crippen molar-refractivity contribution in [1.82, 2.24) is 0 Å². The summed E-state index contributed by atoms with van der Waals surface area (Å²) >= 11 is 7.93. The molecule has 2 rings (SSSR count). The minimum absolute atomic E-state index is 0.130. The molecule has 0 spiro atoms. The van der Waals surface area contributed by atoms with Gasteiger partial charge in [0, 0.05) is 6.07 Å². The fraction of sp³-hybridized carbons (Fsp3) is 0.0833. The van der Waals surface area contributed by atoms with E-state index in [-0.39, 0.29) is 11.4 Å². The van der Waals surface area contributed by atoms with Crippen molar-refractivity contribution in [3.05, 3.63) is 53.1 Å². The smallest absolute Gasteiger partial charge is 0.292 e. The molecule has 0 saturated carbocycles. The second-order valence-corrected chi connectivity index (χ2v) is 7.72. The van der Waals surface area contributed by atoms with Crippen LogP contribution in [0.3, 0.4) is 0 Å². The van der Waals surface area contributed by atoms with Crippen molar-refractivity contribution >= 4 is 60.5 Å². The fourth-order valence-electron chi connectivity index (χ4n) is 1.59. The van der Waals surface area contributed by atoms with Gasteiger partial charge in [0.25, 0.3) is 11.6 Å². The molecule has 0 aliphatic heterocycles. The van der Waals surface area contributed by atoms with E-state index in [1.807, 2.05) is 0 Å². The molecular formula is C12H8Br2N2O3S. The van der Waals surface area contributed by atoms with Crippen LogP contribution in [-0.4, -0.2) is 10.8 Å². The summed E-state index contributed by atoms with van der Waals surface area (Å²) in [6, 6.07) is 6.24. The summed E-state index contributed by atoms with van der Waals surface area (Å²) in [6.45, 7) is 1.80. The summed E-state index contributed by atoms with van der Waals surface area (Å²) in [5.41, 5.74) is 1.32. The predicted molar refractivity (Wildman–Crippen MR) is 85.5 cm³/mol. The molecule has 0 radical (unpaired) electrons. The minimum atomic E-state index is -0.520. The van der Waals surface area contributed by atoms with E-state index in [0.717, 1.165) is 9.35 Å². The quantitative estimate of drug-likeness (QED) is 0.576. The summed E-state index contributed by atoms with van der Waals surface area (Å²) < 4.78 is 1.46. The van der Waals surface area contributed by atoms with Crippen LogP contribution in [-0.2, 0) is 0 Å². The highest BCUT2D eigenvalue weighted by Crippen LogP contribution is 2.33. The molecule has 1 aromatic heterocycles. The van der Waals surface area contributed by atoms with Gasteiger partial charge in [0.05, 0.1) is 18.1 Å². The maximum absolute atomic E-state index is 12.2. The number of nitro groups is 1. The molecule has 0 atom stereocenters. The van der Waals surface area contributed by atoms with E-state index >= 15 is 0 Å². The van der Waals surface area contributed by atoms with Crippen molar-refractivity contribution in [1.29, 1.82) is 0 Å². The van der Waals surface area contributed by atoms with E-state index in [0.29, 0.717) is 9.35 Å². The average molecular weight is 420 g/mol. The molecule has 1 N–H and O–H groups in total. The number of carbonyl (C=O) groups excluding carboxylic acids is 1. The van der Waals surface area contributed by atoms with Crippen molar-refractivity contribution in [2.24, 2.45) is 0 Å². The number of carbonyl (C=O) groups is 1. The topological polar surface area (TPSA) is 72.2 Å². The Labute approximate surface area is 135 Å². The highest BCUT2D eigenvalue weighted by molar-refractivity contribution is 9.12. The van der Waals surface area contributed by atoms with E-state index in [1.54, 1.807) is 25.1 Å². The van der Waals surface area contributed by atoms with Crippen molar-refractivity contribution in [2.45, 2.75) is 6.92 Å². The van der Waals surface area contributed by atoms with Gasteiger partial charge in [0.2, 0.25) is 0 Å². The van der Waals surface area contributed by atoms with E-state index in [1.165, 1.54) is 17.4 Å². The lowest BCUT2D eigenvalue weighted by molar-refractivity contribution is -0.383. The van der Waals surface area contributed by atoms with Gasteiger partial charge >= 0.3 is 0 Å². The predicted octanol–water partition coefficient (Wildman–Crippen LogP) is 4.74. The van der Waals surface area contributed by atoms with Gasteiger partial charge in [0.15, 0.2) is 0 Å². The zero-order chi connectivity index (χ0) is 14.9. The van der Waals surface area contributed by atoms with Crippen LogP contribution >= 0.6 is 43.2 Å². The van der Waals surface area contributed by atoms with Crippen LogP contribution in [0.2, 0.25) is 0 Å². The Balaban J connectivity index is 2.34. The van der Waals surface area contributed by atoms with Gasteiger partial charge in [-0.25, -0.2) is 0 Å². The van der Waals surface area contributed by atoms with Crippen molar-refractivity contribution < 1.29 is 9.72 Å². The van der Waals surface area contributed by atoms with Crippen molar-refractivity contribution in [3.63, 3.8) is 0 Å². The van der Waals surface area contributed by atoms with Gasteiger partial charge in [-0.3, -0.25) is 14.9 Å².